The van der Waals surface area contributed by atoms with Crippen LogP contribution >= 0.6 is 0 Å². The topological polar surface area (TPSA) is 33.4 Å². The molecule has 1 aromatic heterocycles. The molecule has 0 spiro atoms. The minimum absolute atomic E-state index is 0.420. The van der Waals surface area contributed by atoms with Crippen molar-refractivity contribution in [2.75, 3.05) is 0 Å². The van der Waals surface area contributed by atoms with Crippen molar-refractivity contribution >= 4 is 0 Å². The SMILES string of the molecule is C=C[C@](C)(CCC=C(C)C)C(C)(O)c1ccco1. The third kappa shape index (κ3) is 2.94. The van der Waals surface area contributed by atoms with Crippen LogP contribution in [0.4, 0.5) is 0 Å². The summed E-state index contributed by atoms with van der Waals surface area (Å²) in [6.07, 6.45) is 7.34. The van der Waals surface area contributed by atoms with Crippen LogP contribution in [0.25, 0.3) is 0 Å². The van der Waals surface area contributed by atoms with E-state index < -0.39 is 11.0 Å². The summed E-state index contributed by atoms with van der Waals surface area (Å²) in [5, 5.41) is 10.8. The third-order valence-electron chi connectivity index (χ3n) is 3.78. The molecule has 0 amide bonds. The maximum atomic E-state index is 10.8. The number of furan rings is 1. The van der Waals surface area contributed by atoms with Crippen molar-refractivity contribution in [3.05, 3.63) is 48.5 Å². The highest BCUT2D eigenvalue weighted by Crippen LogP contribution is 2.44. The van der Waals surface area contributed by atoms with E-state index >= 15 is 0 Å². The van der Waals surface area contributed by atoms with E-state index in [1.165, 1.54) is 5.57 Å². The maximum absolute atomic E-state index is 10.8. The Labute approximate surface area is 110 Å². The molecule has 18 heavy (non-hydrogen) atoms. The summed E-state index contributed by atoms with van der Waals surface area (Å²) in [5.41, 5.74) is -0.177. The Hall–Kier alpha value is -1.28. The first-order valence-electron chi connectivity index (χ1n) is 6.37. The summed E-state index contributed by atoms with van der Waals surface area (Å²) >= 11 is 0. The van der Waals surface area contributed by atoms with Gasteiger partial charge in [-0.1, -0.05) is 24.6 Å². The van der Waals surface area contributed by atoms with Crippen LogP contribution in [-0.2, 0) is 5.60 Å². The van der Waals surface area contributed by atoms with Crippen molar-refractivity contribution < 1.29 is 9.52 Å². The molecule has 1 unspecified atom stereocenters. The molecule has 2 heteroatoms. The van der Waals surface area contributed by atoms with Gasteiger partial charge in [0.05, 0.1) is 6.26 Å². The molecule has 0 aliphatic heterocycles. The van der Waals surface area contributed by atoms with Gasteiger partial charge in [0.2, 0.25) is 0 Å². The van der Waals surface area contributed by atoms with Crippen molar-refractivity contribution in [1.29, 1.82) is 0 Å². The minimum atomic E-state index is -1.05. The Balaban J connectivity index is 2.93. The molecule has 0 fully saturated rings. The molecule has 0 saturated heterocycles. The zero-order valence-electron chi connectivity index (χ0n) is 11.9. The van der Waals surface area contributed by atoms with Crippen LogP contribution in [0.15, 0.2) is 47.1 Å². The largest absolute Gasteiger partial charge is 0.466 e. The zero-order chi connectivity index (χ0) is 13.8. The fraction of sp³-hybridized carbons (Fsp3) is 0.500. The van der Waals surface area contributed by atoms with E-state index in [4.69, 9.17) is 4.42 Å². The van der Waals surface area contributed by atoms with Crippen molar-refractivity contribution in [1.82, 2.24) is 0 Å². The molecular formula is C16H24O2. The molecule has 2 atom stereocenters. The van der Waals surface area contributed by atoms with Crippen molar-refractivity contribution in [3.8, 4) is 0 Å². The molecule has 2 nitrogen and oxygen atoms in total. The first-order chi connectivity index (χ1) is 8.33. The Bertz CT molecular complexity index is 408. The molecule has 0 bridgehead atoms. The predicted molar refractivity (Wildman–Crippen MR) is 75.2 cm³/mol. The average Bonchev–Trinajstić information content (AvgIpc) is 2.81. The lowest BCUT2D eigenvalue weighted by atomic mass is 9.70. The van der Waals surface area contributed by atoms with Gasteiger partial charge in [-0.2, -0.15) is 0 Å². The normalized spacial score (nSPS) is 17.6. The Morgan fingerprint density at radius 2 is 2.11 bits per heavy atom. The summed E-state index contributed by atoms with van der Waals surface area (Å²) < 4.78 is 5.36. The second kappa shape index (κ2) is 5.57. The van der Waals surface area contributed by atoms with E-state index in [0.29, 0.717) is 5.76 Å². The van der Waals surface area contributed by atoms with Gasteiger partial charge in [0.25, 0.3) is 0 Å². The molecule has 100 valence electrons. The van der Waals surface area contributed by atoms with E-state index in [2.05, 4.69) is 26.5 Å². The fourth-order valence-corrected chi connectivity index (χ4v) is 2.04. The first kappa shape index (κ1) is 14.8. The number of aliphatic hydroxyl groups is 1. The molecule has 0 saturated carbocycles. The minimum Gasteiger partial charge on any atom is -0.466 e. The highest BCUT2D eigenvalue weighted by molar-refractivity contribution is 5.17. The van der Waals surface area contributed by atoms with Gasteiger partial charge in [-0.15, -0.1) is 6.58 Å². The summed E-state index contributed by atoms with van der Waals surface area (Å²) in [4.78, 5) is 0. The smallest absolute Gasteiger partial charge is 0.135 e. The van der Waals surface area contributed by atoms with Gasteiger partial charge < -0.3 is 9.52 Å². The number of hydrogen-bond acceptors (Lipinski definition) is 2. The number of allylic oxidation sites excluding steroid dienone is 2. The maximum Gasteiger partial charge on any atom is 0.135 e. The second-order valence-electron chi connectivity index (χ2n) is 5.49. The monoisotopic (exact) mass is 248 g/mol. The van der Waals surface area contributed by atoms with Crippen LogP contribution in [0.3, 0.4) is 0 Å². The van der Waals surface area contributed by atoms with Crippen LogP contribution in [-0.4, -0.2) is 5.11 Å². The molecule has 0 aliphatic carbocycles. The second-order valence-corrected chi connectivity index (χ2v) is 5.49. The van der Waals surface area contributed by atoms with Gasteiger partial charge in [-0.25, -0.2) is 0 Å². The van der Waals surface area contributed by atoms with Crippen molar-refractivity contribution in [2.45, 2.75) is 46.1 Å². The van der Waals surface area contributed by atoms with Crippen LogP contribution in [0.2, 0.25) is 0 Å². The predicted octanol–water partition coefficient (Wildman–Crippen LogP) is 4.43. The van der Waals surface area contributed by atoms with Gasteiger partial charge in [0.1, 0.15) is 11.4 Å². The quantitative estimate of drug-likeness (QED) is 0.756. The summed E-state index contributed by atoms with van der Waals surface area (Å²) in [7, 11) is 0. The van der Waals surface area contributed by atoms with E-state index in [1.807, 2.05) is 19.1 Å². The van der Waals surface area contributed by atoms with Crippen molar-refractivity contribution in [3.63, 3.8) is 0 Å². The van der Waals surface area contributed by atoms with E-state index in [-0.39, 0.29) is 0 Å². The van der Waals surface area contributed by atoms with Gasteiger partial charge in [0.15, 0.2) is 0 Å². The average molecular weight is 248 g/mol. The molecule has 1 rings (SSSR count). The summed E-state index contributed by atoms with van der Waals surface area (Å²) in [6.45, 7) is 11.8. The van der Waals surface area contributed by atoms with Gasteiger partial charge >= 0.3 is 0 Å². The lowest BCUT2D eigenvalue weighted by Gasteiger charge is -2.39. The van der Waals surface area contributed by atoms with E-state index in [0.717, 1.165) is 12.8 Å². The molecule has 0 radical (unpaired) electrons. The molecule has 1 N–H and O–H groups in total. The van der Waals surface area contributed by atoms with Gasteiger partial charge in [-0.3, -0.25) is 0 Å². The number of hydrogen-bond donors (Lipinski definition) is 1. The van der Waals surface area contributed by atoms with Crippen molar-refractivity contribution in [2.24, 2.45) is 5.41 Å². The van der Waals surface area contributed by atoms with E-state index in [9.17, 15) is 5.11 Å². The Kier molecular flexibility index (Phi) is 4.58. The summed E-state index contributed by atoms with van der Waals surface area (Å²) in [5.74, 6) is 0.585. The van der Waals surface area contributed by atoms with Crippen LogP contribution in [0, 0.1) is 5.41 Å². The van der Waals surface area contributed by atoms with Gasteiger partial charge in [-0.05, 0) is 45.7 Å². The van der Waals surface area contributed by atoms with Crippen LogP contribution in [0.5, 0.6) is 0 Å². The highest BCUT2D eigenvalue weighted by atomic mass is 16.4. The van der Waals surface area contributed by atoms with E-state index in [1.54, 1.807) is 19.3 Å². The molecule has 1 heterocycles. The number of rotatable bonds is 6. The lowest BCUT2D eigenvalue weighted by Crippen LogP contribution is -2.39. The first-order valence-corrected chi connectivity index (χ1v) is 6.37. The standard InChI is InChI=1S/C16H24O2/c1-6-15(4,11-7-9-13(2)3)16(5,17)14-10-8-12-18-14/h6,8-10,12,17H,1,7,11H2,2-5H3/t15-,16?/m1/s1. The fourth-order valence-electron chi connectivity index (χ4n) is 2.04. The summed E-state index contributed by atoms with van der Waals surface area (Å²) in [6, 6.07) is 3.60. The lowest BCUT2D eigenvalue weighted by molar-refractivity contribution is -0.0608. The molecular weight excluding hydrogens is 224 g/mol. The highest BCUT2D eigenvalue weighted by Gasteiger charge is 2.43. The molecule has 1 aromatic rings. The van der Waals surface area contributed by atoms with Crippen LogP contribution in [0.1, 0.15) is 46.3 Å². The molecule has 0 aromatic carbocycles. The Morgan fingerprint density at radius 1 is 1.44 bits per heavy atom. The molecule has 0 aliphatic rings. The zero-order valence-corrected chi connectivity index (χ0v) is 11.9. The Morgan fingerprint density at radius 3 is 2.56 bits per heavy atom. The third-order valence-corrected chi connectivity index (χ3v) is 3.78. The van der Waals surface area contributed by atoms with Gasteiger partial charge in [0, 0.05) is 5.41 Å². The van der Waals surface area contributed by atoms with Crippen LogP contribution < -0.4 is 0 Å².